The Morgan fingerprint density at radius 1 is 1.14 bits per heavy atom. The molecule has 1 aliphatic rings. The zero-order valence-corrected chi connectivity index (χ0v) is 16.0. The monoisotopic (exact) mass is 395 g/mol. The summed E-state index contributed by atoms with van der Waals surface area (Å²) < 4.78 is 20.4. The van der Waals surface area contributed by atoms with Gasteiger partial charge in [-0.25, -0.2) is 4.79 Å². The van der Waals surface area contributed by atoms with Crippen LogP contribution in [0.5, 0.6) is 11.5 Å². The van der Waals surface area contributed by atoms with Crippen molar-refractivity contribution < 1.29 is 38.4 Å². The Hall–Kier alpha value is -2.97. The first kappa shape index (κ1) is 21.3. The third-order valence-corrected chi connectivity index (χ3v) is 4.34. The van der Waals surface area contributed by atoms with Crippen LogP contribution in [0.4, 0.5) is 4.79 Å². The molecule has 0 fully saturated rings. The van der Waals surface area contributed by atoms with Crippen molar-refractivity contribution in [2.45, 2.75) is 45.1 Å². The molecular formula is C19H25NO8. The summed E-state index contributed by atoms with van der Waals surface area (Å²) >= 11 is 0. The minimum atomic E-state index is -0.903. The zero-order valence-electron chi connectivity index (χ0n) is 16.0. The number of hydrogen-bond acceptors (Lipinski definition) is 7. The average Bonchev–Trinajstić information content (AvgIpc) is 3.12. The third kappa shape index (κ3) is 6.64. The van der Waals surface area contributed by atoms with Gasteiger partial charge in [0.15, 0.2) is 11.5 Å². The maximum atomic E-state index is 12.1. The van der Waals surface area contributed by atoms with Gasteiger partial charge >= 0.3 is 18.0 Å². The molecule has 9 heteroatoms. The van der Waals surface area contributed by atoms with E-state index in [-0.39, 0.29) is 25.7 Å². The van der Waals surface area contributed by atoms with Crippen molar-refractivity contribution in [3.63, 3.8) is 0 Å². The van der Waals surface area contributed by atoms with Gasteiger partial charge in [-0.05, 0) is 43.9 Å². The molecule has 0 aliphatic carbocycles. The molecule has 1 aliphatic heterocycles. The van der Waals surface area contributed by atoms with E-state index >= 15 is 0 Å². The quantitative estimate of drug-likeness (QED) is 0.365. The predicted molar refractivity (Wildman–Crippen MR) is 97.0 cm³/mol. The van der Waals surface area contributed by atoms with E-state index in [0.29, 0.717) is 30.8 Å². The Bertz CT molecular complexity index is 705. The molecule has 2 rings (SSSR count). The highest BCUT2D eigenvalue weighted by Gasteiger charge is 2.20. The van der Waals surface area contributed by atoms with Gasteiger partial charge < -0.3 is 29.0 Å². The second-order valence-electron chi connectivity index (χ2n) is 6.50. The molecule has 0 saturated carbocycles. The first-order chi connectivity index (χ1) is 13.4. The van der Waals surface area contributed by atoms with E-state index < -0.39 is 24.8 Å². The largest absolute Gasteiger partial charge is 0.481 e. The number of esters is 1. The van der Waals surface area contributed by atoms with Gasteiger partial charge in [0.1, 0.15) is 0 Å². The lowest BCUT2D eigenvalue weighted by atomic mass is 10.1. The summed E-state index contributed by atoms with van der Waals surface area (Å²) in [6.07, 6.45) is 0.878. The minimum absolute atomic E-state index is 0.00825. The normalized spacial score (nSPS) is 12.9. The second-order valence-corrected chi connectivity index (χ2v) is 6.50. The standard InChI is InChI=1S/C19H25NO8/c1-13(9-14-7-8-15-16(10-14)26-11-25-15)20(2)19(24)28-12-27-18(23)6-4-3-5-17(21)22/h7-8,10,13H,3-6,9,11-12H2,1-2H3,(H,21,22). The molecule has 154 valence electrons. The number of fused-ring (bicyclic) bond motifs is 1. The van der Waals surface area contributed by atoms with Gasteiger partial charge in [-0.15, -0.1) is 0 Å². The van der Waals surface area contributed by atoms with E-state index in [4.69, 9.17) is 24.1 Å². The number of carbonyl (C=O) groups excluding carboxylic acids is 2. The SMILES string of the molecule is CC(Cc1ccc2c(c1)OCO2)N(C)C(=O)OCOC(=O)CCCCC(=O)O. The van der Waals surface area contributed by atoms with Crippen LogP contribution in [0.2, 0.25) is 0 Å². The topological polar surface area (TPSA) is 112 Å². The van der Waals surface area contributed by atoms with Gasteiger partial charge in [-0.1, -0.05) is 6.07 Å². The van der Waals surface area contributed by atoms with Crippen LogP contribution in [-0.2, 0) is 25.5 Å². The fourth-order valence-electron chi connectivity index (χ4n) is 2.59. The molecule has 0 saturated heterocycles. The van der Waals surface area contributed by atoms with E-state index in [1.54, 1.807) is 7.05 Å². The van der Waals surface area contributed by atoms with Crippen molar-refractivity contribution in [1.29, 1.82) is 0 Å². The molecule has 1 heterocycles. The van der Waals surface area contributed by atoms with E-state index in [1.165, 1.54) is 4.90 Å². The minimum Gasteiger partial charge on any atom is -0.481 e. The number of hydrogen-bond donors (Lipinski definition) is 1. The lowest BCUT2D eigenvalue weighted by molar-refractivity contribution is -0.152. The average molecular weight is 395 g/mol. The Morgan fingerprint density at radius 3 is 2.61 bits per heavy atom. The second kappa shape index (κ2) is 10.4. The smallest absolute Gasteiger partial charge is 0.412 e. The van der Waals surface area contributed by atoms with E-state index in [2.05, 4.69) is 0 Å². The zero-order chi connectivity index (χ0) is 20.5. The van der Waals surface area contributed by atoms with Crippen LogP contribution in [0, 0.1) is 0 Å². The Morgan fingerprint density at radius 2 is 1.86 bits per heavy atom. The highest BCUT2D eigenvalue weighted by Crippen LogP contribution is 2.32. The molecule has 28 heavy (non-hydrogen) atoms. The summed E-state index contributed by atoms with van der Waals surface area (Å²) in [4.78, 5) is 35.4. The molecule has 1 amide bonds. The predicted octanol–water partition coefficient (Wildman–Crippen LogP) is 2.56. The van der Waals surface area contributed by atoms with E-state index in [1.807, 2.05) is 25.1 Å². The molecular weight excluding hydrogens is 370 g/mol. The van der Waals surface area contributed by atoms with Crippen molar-refractivity contribution in [2.24, 2.45) is 0 Å². The molecule has 1 aromatic rings. The molecule has 0 aromatic heterocycles. The molecule has 9 nitrogen and oxygen atoms in total. The Kier molecular flexibility index (Phi) is 7.91. The lowest BCUT2D eigenvalue weighted by Gasteiger charge is -2.24. The van der Waals surface area contributed by atoms with Crippen molar-refractivity contribution in [3.8, 4) is 11.5 Å². The number of carboxylic acids is 1. The molecule has 1 atom stereocenters. The van der Waals surface area contributed by atoms with Gasteiger partial charge in [-0.2, -0.15) is 0 Å². The van der Waals surface area contributed by atoms with Gasteiger partial charge in [0.05, 0.1) is 0 Å². The number of likely N-dealkylation sites (N-methyl/N-ethyl adjacent to an activating group) is 1. The number of carbonyl (C=O) groups is 3. The summed E-state index contributed by atoms with van der Waals surface area (Å²) in [6, 6.07) is 5.47. The number of nitrogens with zero attached hydrogens (tertiary/aromatic N) is 1. The van der Waals surface area contributed by atoms with Crippen molar-refractivity contribution in [3.05, 3.63) is 23.8 Å². The first-order valence-electron chi connectivity index (χ1n) is 9.02. The summed E-state index contributed by atoms with van der Waals surface area (Å²) in [5.41, 5.74) is 0.990. The molecule has 0 bridgehead atoms. The van der Waals surface area contributed by atoms with E-state index in [9.17, 15) is 14.4 Å². The number of ether oxygens (including phenoxy) is 4. The lowest BCUT2D eigenvalue weighted by Crippen LogP contribution is -2.37. The number of aliphatic carboxylic acids is 1. The summed E-state index contributed by atoms with van der Waals surface area (Å²) in [5.74, 6) is -0.0476. The van der Waals surface area contributed by atoms with Crippen LogP contribution in [0.25, 0.3) is 0 Å². The molecule has 1 unspecified atom stereocenters. The molecule has 0 spiro atoms. The van der Waals surface area contributed by atoms with E-state index in [0.717, 1.165) is 5.56 Å². The number of benzene rings is 1. The number of carboxylic acid groups (broad SMARTS) is 1. The summed E-state index contributed by atoms with van der Waals surface area (Å²) in [6.45, 7) is 1.61. The number of unbranched alkanes of at least 4 members (excludes halogenated alkanes) is 1. The first-order valence-corrected chi connectivity index (χ1v) is 9.02. The van der Waals surface area contributed by atoms with Gasteiger partial charge in [0, 0.05) is 25.9 Å². The van der Waals surface area contributed by atoms with Crippen LogP contribution < -0.4 is 9.47 Å². The Balaban J connectivity index is 1.67. The van der Waals surface area contributed by atoms with Crippen molar-refractivity contribution >= 4 is 18.0 Å². The van der Waals surface area contributed by atoms with Gasteiger partial charge in [0.25, 0.3) is 0 Å². The molecule has 1 aromatic carbocycles. The highest BCUT2D eigenvalue weighted by atomic mass is 16.7. The summed E-state index contributed by atoms with van der Waals surface area (Å²) in [7, 11) is 1.60. The van der Waals surface area contributed by atoms with Crippen LogP contribution in [0.3, 0.4) is 0 Å². The van der Waals surface area contributed by atoms with Gasteiger partial charge in [0.2, 0.25) is 13.6 Å². The summed E-state index contributed by atoms with van der Waals surface area (Å²) in [5, 5.41) is 8.52. The Labute approximate surface area is 163 Å². The molecule has 1 N–H and O–H groups in total. The fraction of sp³-hybridized carbons (Fsp3) is 0.526. The third-order valence-electron chi connectivity index (χ3n) is 4.34. The number of amides is 1. The molecule has 0 radical (unpaired) electrons. The van der Waals surface area contributed by atoms with Gasteiger partial charge in [-0.3, -0.25) is 9.59 Å². The van der Waals surface area contributed by atoms with Crippen LogP contribution >= 0.6 is 0 Å². The number of rotatable bonds is 10. The maximum absolute atomic E-state index is 12.1. The van der Waals surface area contributed by atoms with Crippen LogP contribution in [0.1, 0.15) is 38.2 Å². The maximum Gasteiger partial charge on any atom is 0.412 e. The fourth-order valence-corrected chi connectivity index (χ4v) is 2.59. The van der Waals surface area contributed by atoms with Crippen molar-refractivity contribution in [1.82, 2.24) is 4.90 Å². The van der Waals surface area contributed by atoms with Crippen LogP contribution in [-0.4, -0.2) is 54.7 Å². The van der Waals surface area contributed by atoms with Crippen molar-refractivity contribution in [2.75, 3.05) is 20.6 Å². The van der Waals surface area contributed by atoms with Crippen LogP contribution in [0.15, 0.2) is 18.2 Å². The highest BCUT2D eigenvalue weighted by molar-refractivity contribution is 5.70.